The standard InChI is InChI=1S/C14H17Cl2N3/c1-9-18-13-5-11(15)12(16)6-14(13)19(9)8-10-3-2-4-17-7-10/h5-6,10,17H,2-4,7-8H2,1H3. The average Bonchev–Trinajstić information content (AvgIpc) is 2.68. The van der Waals surface area contributed by atoms with Gasteiger partial charge in [0.1, 0.15) is 5.82 Å². The van der Waals surface area contributed by atoms with E-state index in [2.05, 4.69) is 14.9 Å². The summed E-state index contributed by atoms with van der Waals surface area (Å²) in [6.45, 7) is 5.26. The summed E-state index contributed by atoms with van der Waals surface area (Å²) in [6.07, 6.45) is 2.52. The first-order chi connectivity index (χ1) is 9.15. The van der Waals surface area contributed by atoms with E-state index >= 15 is 0 Å². The molecule has 5 heteroatoms. The quantitative estimate of drug-likeness (QED) is 0.917. The van der Waals surface area contributed by atoms with E-state index in [0.29, 0.717) is 16.0 Å². The summed E-state index contributed by atoms with van der Waals surface area (Å²) in [6, 6.07) is 3.78. The summed E-state index contributed by atoms with van der Waals surface area (Å²) in [4.78, 5) is 4.58. The van der Waals surface area contributed by atoms with Gasteiger partial charge < -0.3 is 9.88 Å². The van der Waals surface area contributed by atoms with E-state index in [1.165, 1.54) is 12.8 Å². The Labute approximate surface area is 122 Å². The summed E-state index contributed by atoms with van der Waals surface area (Å²) in [5, 5.41) is 4.62. The van der Waals surface area contributed by atoms with Crippen molar-refractivity contribution in [2.75, 3.05) is 13.1 Å². The highest BCUT2D eigenvalue weighted by molar-refractivity contribution is 6.42. The van der Waals surface area contributed by atoms with Gasteiger partial charge in [-0.25, -0.2) is 4.98 Å². The Kier molecular flexibility index (Phi) is 3.70. The largest absolute Gasteiger partial charge is 0.328 e. The molecular weight excluding hydrogens is 281 g/mol. The van der Waals surface area contributed by atoms with Gasteiger partial charge in [0, 0.05) is 6.54 Å². The topological polar surface area (TPSA) is 29.9 Å². The zero-order valence-electron chi connectivity index (χ0n) is 10.9. The van der Waals surface area contributed by atoms with Crippen molar-refractivity contribution in [2.24, 2.45) is 5.92 Å². The first-order valence-electron chi connectivity index (χ1n) is 6.68. The number of aromatic nitrogens is 2. The second-order valence-corrected chi connectivity index (χ2v) is 6.05. The minimum Gasteiger partial charge on any atom is -0.328 e. The van der Waals surface area contributed by atoms with Crippen molar-refractivity contribution in [3.63, 3.8) is 0 Å². The van der Waals surface area contributed by atoms with Crippen molar-refractivity contribution in [1.29, 1.82) is 0 Å². The van der Waals surface area contributed by atoms with Gasteiger partial charge in [0.2, 0.25) is 0 Å². The Balaban J connectivity index is 1.97. The average molecular weight is 298 g/mol. The van der Waals surface area contributed by atoms with Crippen LogP contribution < -0.4 is 5.32 Å². The van der Waals surface area contributed by atoms with Crippen molar-refractivity contribution in [3.05, 3.63) is 28.0 Å². The van der Waals surface area contributed by atoms with Crippen LogP contribution in [0.3, 0.4) is 0 Å². The Morgan fingerprint density at radius 1 is 1.37 bits per heavy atom. The molecule has 2 aromatic rings. The van der Waals surface area contributed by atoms with Gasteiger partial charge in [-0.15, -0.1) is 0 Å². The third-order valence-electron chi connectivity index (χ3n) is 3.82. The molecule has 0 amide bonds. The molecule has 0 radical (unpaired) electrons. The summed E-state index contributed by atoms with van der Waals surface area (Å²) in [5.74, 6) is 1.69. The van der Waals surface area contributed by atoms with Crippen LogP contribution in [-0.2, 0) is 6.54 Å². The van der Waals surface area contributed by atoms with Gasteiger partial charge in [0.05, 0.1) is 21.1 Å². The Bertz CT molecular complexity index is 600. The highest BCUT2D eigenvalue weighted by atomic mass is 35.5. The second kappa shape index (κ2) is 5.31. The van der Waals surface area contributed by atoms with Crippen molar-refractivity contribution >= 4 is 34.2 Å². The molecule has 1 fully saturated rings. The van der Waals surface area contributed by atoms with E-state index < -0.39 is 0 Å². The Morgan fingerprint density at radius 2 is 2.16 bits per heavy atom. The Hall–Kier alpha value is -0.770. The maximum absolute atomic E-state index is 6.13. The number of hydrogen-bond donors (Lipinski definition) is 1. The fraction of sp³-hybridized carbons (Fsp3) is 0.500. The predicted octanol–water partition coefficient (Wildman–Crippen LogP) is 3.65. The van der Waals surface area contributed by atoms with Crippen LogP contribution in [0.15, 0.2) is 12.1 Å². The maximum Gasteiger partial charge on any atom is 0.106 e. The number of imidazole rings is 1. The fourth-order valence-corrected chi connectivity index (χ4v) is 3.12. The molecule has 1 aliphatic rings. The Morgan fingerprint density at radius 3 is 2.89 bits per heavy atom. The molecule has 1 aromatic heterocycles. The third kappa shape index (κ3) is 2.60. The van der Waals surface area contributed by atoms with Crippen LogP contribution in [0, 0.1) is 12.8 Å². The number of hydrogen-bond acceptors (Lipinski definition) is 2. The van der Waals surface area contributed by atoms with Crippen LogP contribution in [0.4, 0.5) is 0 Å². The lowest BCUT2D eigenvalue weighted by Crippen LogP contribution is -2.32. The summed E-state index contributed by atoms with van der Waals surface area (Å²) < 4.78 is 2.26. The molecule has 3 nitrogen and oxygen atoms in total. The molecule has 1 N–H and O–H groups in total. The van der Waals surface area contributed by atoms with Crippen molar-refractivity contribution in [2.45, 2.75) is 26.3 Å². The van der Waals surface area contributed by atoms with Gasteiger partial charge in [-0.2, -0.15) is 0 Å². The number of aryl methyl sites for hydroxylation is 1. The zero-order valence-corrected chi connectivity index (χ0v) is 12.4. The summed E-state index contributed by atoms with van der Waals surface area (Å²) in [5.41, 5.74) is 2.01. The molecule has 1 saturated heterocycles. The number of rotatable bonds is 2. The maximum atomic E-state index is 6.13. The van der Waals surface area contributed by atoms with E-state index in [4.69, 9.17) is 23.2 Å². The lowest BCUT2D eigenvalue weighted by molar-refractivity contribution is 0.338. The normalized spacial score (nSPS) is 20.1. The molecule has 1 atom stereocenters. The van der Waals surface area contributed by atoms with Crippen LogP contribution in [0.5, 0.6) is 0 Å². The van der Waals surface area contributed by atoms with Crippen molar-refractivity contribution < 1.29 is 0 Å². The van der Waals surface area contributed by atoms with Crippen molar-refractivity contribution in [3.8, 4) is 0 Å². The van der Waals surface area contributed by atoms with E-state index in [1.54, 1.807) is 0 Å². The molecular formula is C14H17Cl2N3. The zero-order chi connectivity index (χ0) is 13.4. The lowest BCUT2D eigenvalue weighted by atomic mass is 9.99. The van der Waals surface area contributed by atoms with Crippen LogP contribution in [0.2, 0.25) is 10.0 Å². The van der Waals surface area contributed by atoms with Gasteiger partial charge in [0.25, 0.3) is 0 Å². The smallest absolute Gasteiger partial charge is 0.106 e. The molecule has 0 bridgehead atoms. The number of piperidine rings is 1. The molecule has 1 unspecified atom stereocenters. The summed E-state index contributed by atoms with van der Waals surface area (Å²) in [7, 11) is 0. The molecule has 102 valence electrons. The second-order valence-electron chi connectivity index (χ2n) is 5.24. The molecule has 0 saturated carbocycles. The monoisotopic (exact) mass is 297 g/mol. The molecule has 3 rings (SSSR count). The third-order valence-corrected chi connectivity index (χ3v) is 4.54. The predicted molar refractivity (Wildman–Crippen MR) is 80.1 cm³/mol. The van der Waals surface area contributed by atoms with Gasteiger partial charge in [-0.05, 0) is 50.9 Å². The van der Waals surface area contributed by atoms with Crippen LogP contribution >= 0.6 is 23.2 Å². The van der Waals surface area contributed by atoms with Crippen LogP contribution in [-0.4, -0.2) is 22.6 Å². The number of fused-ring (bicyclic) bond motifs is 1. The molecule has 0 spiro atoms. The first kappa shape index (κ1) is 13.2. The van der Waals surface area contributed by atoms with Gasteiger partial charge in [0.15, 0.2) is 0 Å². The molecule has 1 aromatic carbocycles. The summed E-state index contributed by atoms with van der Waals surface area (Å²) >= 11 is 12.2. The van der Waals surface area contributed by atoms with Crippen LogP contribution in [0.25, 0.3) is 11.0 Å². The van der Waals surface area contributed by atoms with E-state index in [0.717, 1.165) is 36.5 Å². The molecule has 0 aliphatic carbocycles. The van der Waals surface area contributed by atoms with Gasteiger partial charge in [-0.1, -0.05) is 23.2 Å². The van der Waals surface area contributed by atoms with E-state index in [1.807, 2.05) is 19.1 Å². The highest BCUT2D eigenvalue weighted by Gasteiger charge is 2.17. The first-order valence-corrected chi connectivity index (χ1v) is 7.43. The van der Waals surface area contributed by atoms with Gasteiger partial charge in [-0.3, -0.25) is 0 Å². The minimum absolute atomic E-state index is 0.568. The SMILES string of the molecule is Cc1nc2cc(Cl)c(Cl)cc2n1CC1CCCNC1. The number of benzene rings is 1. The highest BCUT2D eigenvalue weighted by Crippen LogP contribution is 2.29. The van der Waals surface area contributed by atoms with Gasteiger partial charge >= 0.3 is 0 Å². The fourth-order valence-electron chi connectivity index (χ4n) is 2.81. The molecule has 19 heavy (non-hydrogen) atoms. The van der Waals surface area contributed by atoms with E-state index in [-0.39, 0.29) is 0 Å². The number of nitrogens with one attached hydrogen (secondary N) is 1. The number of halogens is 2. The molecule has 2 heterocycles. The lowest BCUT2D eigenvalue weighted by Gasteiger charge is -2.23. The minimum atomic E-state index is 0.568. The van der Waals surface area contributed by atoms with Crippen molar-refractivity contribution in [1.82, 2.24) is 14.9 Å². The van der Waals surface area contributed by atoms with Crippen LogP contribution in [0.1, 0.15) is 18.7 Å². The molecule has 1 aliphatic heterocycles. The van der Waals surface area contributed by atoms with E-state index in [9.17, 15) is 0 Å². The number of nitrogens with zero attached hydrogens (tertiary/aromatic N) is 2.